The summed E-state index contributed by atoms with van der Waals surface area (Å²) in [7, 11) is 0. The Balaban J connectivity index is 4.10. The van der Waals surface area contributed by atoms with Crippen LogP contribution in [0.2, 0.25) is 0 Å². The number of rotatable bonds is 3. The van der Waals surface area contributed by atoms with E-state index in [0.29, 0.717) is 0 Å². The van der Waals surface area contributed by atoms with Crippen LogP contribution in [0.25, 0.3) is 0 Å². The third kappa shape index (κ3) is 6.64. The van der Waals surface area contributed by atoms with E-state index in [4.69, 9.17) is 12.8 Å². The molecule has 0 atom stereocenters. The van der Waals surface area contributed by atoms with Crippen molar-refractivity contribution in [3.63, 3.8) is 0 Å². The molecule has 0 amide bonds. The van der Waals surface area contributed by atoms with E-state index in [1.165, 1.54) is 12.4 Å². The molecular weight excluding hydrogens is 172 g/mol. The van der Waals surface area contributed by atoms with Crippen LogP contribution in [0.4, 0.5) is 0 Å². The van der Waals surface area contributed by atoms with Gasteiger partial charge >= 0.3 is 0 Å². The maximum absolute atomic E-state index is 5.12. The Hall–Kier alpha value is -2.06. The average Bonchev–Trinajstić information content (AvgIpc) is 2.22. The Morgan fingerprint density at radius 3 is 1.57 bits per heavy atom. The largest absolute Gasteiger partial charge is 0.159 e. The van der Waals surface area contributed by atoms with Crippen molar-refractivity contribution in [2.45, 2.75) is 13.8 Å². The fourth-order valence-electron chi connectivity index (χ4n) is 0.463. The van der Waals surface area contributed by atoms with Gasteiger partial charge in [-0.3, -0.25) is 0 Å². The van der Waals surface area contributed by atoms with Gasteiger partial charge in [0.05, 0.1) is 12.4 Å². The summed E-state index contributed by atoms with van der Waals surface area (Å²) in [5, 5.41) is 7.45. The minimum absolute atomic E-state index is 0.805. The maximum atomic E-state index is 5.12. The zero-order valence-electron chi connectivity index (χ0n) is 8.36. The van der Waals surface area contributed by atoms with Crippen molar-refractivity contribution in [3.05, 3.63) is 23.3 Å². The molecule has 0 aliphatic heterocycles. The van der Waals surface area contributed by atoms with E-state index in [0.717, 1.165) is 11.1 Å². The van der Waals surface area contributed by atoms with Crippen LogP contribution in [0.1, 0.15) is 13.8 Å². The molecule has 0 aromatic rings. The highest BCUT2D eigenvalue weighted by Crippen LogP contribution is 1.86. The molecule has 0 bridgehead atoms. The second-order valence-corrected chi connectivity index (χ2v) is 2.52. The van der Waals surface area contributed by atoms with Gasteiger partial charge in [-0.1, -0.05) is 11.8 Å². The lowest BCUT2D eigenvalue weighted by Crippen LogP contribution is -1.72. The van der Waals surface area contributed by atoms with Crippen LogP contribution in [0, 0.1) is 24.7 Å². The summed E-state index contributed by atoms with van der Waals surface area (Å²) >= 11 is 0. The zero-order valence-corrected chi connectivity index (χ0v) is 8.36. The van der Waals surface area contributed by atoms with Gasteiger partial charge in [-0.2, -0.15) is 10.2 Å². The summed E-state index contributed by atoms with van der Waals surface area (Å²) in [6, 6.07) is 0. The molecule has 0 saturated heterocycles. The average molecular weight is 184 g/mol. The van der Waals surface area contributed by atoms with E-state index in [9.17, 15) is 0 Å². The van der Waals surface area contributed by atoms with E-state index in [1.54, 1.807) is 12.2 Å². The molecule has 0 rings (SSSR count). The van der Waals surface area contributed by atoms with E-state index >= 15 is 0 Å². The van der Waals surface area contributed by atoms with Crippen molar-refractivity contribution in [3.8, 4) is 24.7 Å². The number of hydrogen-bond donors (Lipinski definition) is 0. The minimum atomic E-state index is 0.805. The van der Waals surface area contributed by atoms with Gasteiger partial charge < -0.3 is 0 Å². The molecule has 14 heavy (non-hydrogen) atoms. The molecule has 0 heterocycles. The Bertz CT molecular complexity index is 330. The topological polar surface area (TPSA) is 24.7 Å². The highest BCUT2D eigenvalue weighted by Gasteiger charge is 1.75. The van der Waals surface area contributed by atoms with E-state index in [2.05, 4.69) is 22.0 Å². The summed E-state index contributed by atoms with van der Waals surface area (Å²) < 4.78 is 0. The zero-order chi connectivity index (χ0) is 10.8. The lowest BCUT2D eigenvalue weighted by Gasteiger charge is -1.80. The second-order valence-electron chi connectivity index (χ2n) is 2.52. The first-order chi connectivity index (χ1) is 6.70. The molecule has 0 spiro atoms. The predicted molar refractivity (Wildman–Crippen MR) is 62.2 cm³/mol. The van der Waals surface area contributed by atoms with Crippen LogP contribution in [0.15, 0.2) is 33.5 Å². The second kappa shape index (κ2) is 7.58. The summed E-state index contributed by atoms with van der Waals surface area (Å²) in [6.07, 6.45) is 16.7. The third-order valence-electron chi connectivity index (χ3n) is 1.30. The molecule has 0 N–H and O–H groups in total. The molecular formula is C12H12N2. The number of nitrogens with zero attached hydrogens (tertiary/aromatic N) is 2. The van der Waals surface area contributed by atoms with Gasteiger partial charge in [0.25, 0.3) is 0 Å². The third-order valence-corrected chi connectivity index (χ3v) is 1.30. The smallest absolute Gasteiger partial charge is 0.0504 e. The monoisotopic (exact) mass is 184 g/mol. The van der Waals surface area contributed by atoms with Crippen molar-refractivity contribution >= 4 is 12.4 Å². The minimum Gasteiger partial charge on any atom is -0.159 e. The number of hydrogen-bond acceptors (Lipinski definition) is 2. The summed E-state index contributed by atoms with van der Waals surface area (Å²) in [5.74, 6) is 4.93. The van der Waals surface area contributed by atoms with Gasteiger partial charge in [-0.15, -0.1) is 12.8 Å². The molecule has 70 valence electrons. The van der Waals surface area contributed by atoms with Crippen LogP contribution in [-0.4, -0.2) is 12.4 Å². The van der Waals surface area contributed by atoms with Gasteiger partial charge in [0.15, 0.2) is 0 Å². The lowest BCUT2D eigenvalue weighted by atomic mass is 10.3. The molecule has 0 radical (unpaired) electrons. The van der Waals surface area contributed by atoms with Gasteiger partial charge in [0, 0.05) is 11.1 Å². The van der Waals surface area contributed by atoms with Crippen LogP contribution in [0.3, 0.4) is 0 Å². The van der Waals surface area contributed by atoms with Crippen LogP contribution >= 0.6 is 0 Å². The quantitative estimate of drug-likeness (QED) is 0.365. The van der Waals surface area contributed by atoms with Crippen LogP contribution in [-0.2, 0) is 0 Å². The van der Waals surface area contributed by atoms with Gasteiger partial charge in [0.1, 0.15) is 0 Å². The van der Waals surface area contributed by atoms with Gasteiger partial charge in [-0.25, -0.2) is 0 Å². The molecule has 0 aromatic heterocycles. The Kier molecular flexibility index (Phi) is 6.47. The Morgan fingerprint density at radius 2 is 1.29 bits per heavy atom. The standard InChI is InChI=1S/C12H12N2/c1-5-11(3)7-9-13-14-10-8-12(4)6-2/h1-2,7-10H,3-4H3. The fourth-order valence-corrected chi connectivity index (χ4v) is 0.463. The highest BCUT2D eigenvalue weighted by atomic mass is 15.2. The SMILES string of the molecule is C#CC(C)=CC=NN=CC=C(C)C#C. The van der Waals surface area contributed by atoms with E-state index < -0.39 is 0 Å². The number of terminal acetylenes is 2. The lowest BCUT2D eigenvalue weighted by molar-refractivity contribution is 1.27. The van der Waals surface area contributed by atoms with Gasteiger partial charge in [0.2, 0.25) is 0 Å². The Labute approximate surface area is 85.1 Å². The van der Waals surface area contributed by atoms with E-state index in [-0.39, 0.29) is 0 Å². The molecule has 2 nitrogen and oxygen atoms in total. The first-order valence-corrected chi connectivity index (χ1v) is 4.04. The Morgan fingerprint density at radius 1 is 0.929 bits per heavy atom. The van der Waals surface area contributed by atoms with Crippen molar-refractivity contribution in [1.82, 2.24) is 0 Å². The van der Waals surface area contributed by atoms with Gasteiger partial charge in [-0.05, 0) is 26.0 Å². The molecule has 0 aliphatic rings. The van der Waals surface area contributed by atoms with Crippen molar-refractivity contribution in [2.75, 3.05) is 0 Å². The number of allylic oxidation sites excluding steroid dienone is 4. The van der Waals surface area contributed by atoms with Crippen molar-refractivity contribution < 1.29 is 0 Å². The first kappa shape index (κ1) is 11.9. The molecule has 0 aromatic carbocycles. The maximum Gasteiger partial charge on any atom is 0.0504 e. The molecule has 2 heteroatoms. The molecule has 0 aliphatic carbocycles. The van der Waals surface area contributed by atoms with Crippen LogP contribution < -0.4 is 0 Å². The summed E-state index contributed by atoms with van der Waals surface area (Å²) in [5.41, 5.74) is 1.61. The summed E-state index contributed by atoms with van der Waals surface area (Å²) in [6.45, 7) is 3.64. The van der Waals surface area contributed by atoms with E-state index in [1.807, 2.05) is 13.8 Å². The normalized spacial score (nSPS) is 13.1. The summed E-state index contributed by atoms with van der Waals surface area (Å²) in [4.78, 5) is 0. The highest BCUT2D eigenvalue weighted by molar-refractivity contribution is 5.76. The van der Waals surface area contributed by atoms with Crippen molar-refractivity contribution in [1.29, 1.82) is 0 Å². The fraction of sp³-hybridized carbons (Fsp3) is 0.167. The molecule has 0 unspecified atom stereocenters. The van der Waals surface area contributed by atoms with Crippen molar-refractivity contribution in [2.24, 2.45) is 10.2 Å². The molecule has 0 fully saturated rings. The van der Waals surface area contributed by atoms with Crippen LogP contribution in [0.5, 0.6) is 0 Å². The predicted octanol–water partition coefficient (Wildman–Crippen LogP) is 2.20. The molecule has 0 saturated carbocycles. The first-order valence-electron chi connectivity index (χ1n) is 4.04.